The van der Waals surface area contributed by atoms with E-state index in [0.717, 1.165) is 29.7 Å². The highest BCUT2D eigenvalue weighted by molar-refractivity contribution is 5.90. The van der Waals surface area contributed by atoms with Crippen LogP contribution >= 0.6 is 0 Å². The summed E-state index contributed by atoms with van der Waals surface area (Å²) in [4.78, 5) is 26.1. The van der Waals surface area contributed by atoms with Crippen LogP contribution in [0.2, 0.25) is 0 Å². The maximum absolute atomic E-state index is 13.2. The molecular formula is C29H29F3N4O3. The Morgan fingerprint density at radius 3 is 2.49 bits per heavy atom. The summed E-state index contributed by atoms with van der Waals surface area (Å²) in [5.74, 6) is 0.496. The molecule has 2 aromatic heterocycles. The molecule has 4 aromatic rings. The van der Waals surface area contributed by atoms with E-state index in [1.165, 1.54) is 31.4 Å². The molecule has 0 aliphatic heterocycles. The Kier molecular flexibility index (Phi) is 7.54. The van der Waals surface area contributed by atoms with Crippen LogP contribution in [0.3, 0.4) is 0 Å². The van der Waals surface area contributed by atoms with Crippen LogP contribution in [0, 0.1) is 12.8 Å². The molecule has 1 aliphatic carbocycles. The molecule has 0 spiro atoms. The van der Waals surface area contributed by atoms with Crippen molar-refractivity contribution in [2.45, 2.75) is 52.3 Å². The van der Waals surface area contributed by atoms with Crippen molar-refractivity contribution in [3.8, 4) is 17.3 Å². The van der Waals surface area contributed by atoms with Crippen LogP contribution in [-0.2, 0) is 17.5 Å². The zero-order valence-electron chi connectivity index (χ0n) is 21.8. The predicted octanol–water partition coefficient (Wildman–Crippen LogP) is 6.61. The smallest absolute Gasteiger partial charge is 0.416 e. The lowest BCUT2D eigenvalue weighted by Gasteiger charge is -2.24. The zero-order chi connectivity index (χ0) is 27.6. The van der Waals surface area contributed by atoms with Gasteiger partial charge in [-0.2, -0.15) is 18.2 Å². The number of nitrogens with zero attached hydrogens (tertiary/aromatic N) is 4. The van der Waals surface area contributed by atoms with Gasteiger partial charge in [-0.1, -0.05) is 55.2 Å². The molecule has 1 saturated carbocycles. The molecule has 2 aromatic carbocycles. The Hall–Kier alpha value is -3.95. The minimum Gasteiger partial charge on any atom is -0.476 e. The van der Waals surface area contributed by atoms with Gasteiger partial charge in [-0.25, -0.2) is 14.8 Å². The number of aryl methyl sites for hydroxylation is 1. The highest BCUT2D eigenvalue weighted by Gasteiger charge is 2.30. The van der Waals surface area contributed by atoms with Crippen molar-refractivity contribution in [1.82, 2.24) is 19.5 Å². The average Bonchev–Trinajstić information content (AvgIpc) is 3.23. The molecule has 7 nitrogen and oxygen atoms in total. The second-order valence-corrected chi connectivity index (χ2v) is 9.76. The Morgan fingerprint density at radius 2 is 1.85 bits per heavy atom. The van der Waals surface area contributed by atoms with Gasteiger partial charge in [-0.05, 0) is 49.9 Å². The largest absolute Gasteiger partial charge is 0.476 e. The van der Waals surface area contributed by atoms with Crippen LogP contribution in [0.15, 0.2) is 48.5 Å². The fraction of sp³-hybridized carbons (Fsp3) is 0.379. The van der Waals surface area contributed by atoms with Gasteiger partial charge in [0.1, 0.15) is 5.82 Å². The normalized spacial score (nSPS) is 13.9. The number of hydrogen-bond donors (Lipinski definition) is 0. The lowest BCUT2D eigenvalue weighted by Crippen LogP contribution is -2.16. The maximum atomic E-state index is 13.2. The van der Waals surface area contributed by atoms with Crippen LogP contribution in [-0.4, -0.2) is 38.7 Å². The van der Waals surface area contributed by atoms with Gasteiger partial charge in [0, 0.05) is 12.1 Å². The van der Waals surface area contributed by atoms with Crippen LogP contribution < -0.4 is 4.74 Å². The molecule has 1 fully saturated rings. The average molecular weight is 539 g/mol. The van der Waals surface area contributed by atoms with Crippen LogP contribution in [0.4, 0.5) is 13.2 Å². The van der Waals surface area contributed by atoms with Crippen molar-refractivity contribution in [2.75, 3.05) is 13.2 Å². The minimum absolute atomic E-state index is 0.155. The second kappa shape index (κ2) is 11.0. The Bertz CT molecular complexity index is 1480. The molecule has 39 heavy (non-hydrogen) atoms. The van der Waals surface area contributed by atoms with Crippen LogP contribution in [0.25, 0.3) is 22.6 Å². The van der Waals surface area contributed by atoms with E-state index in [-0.39, 0.29) is 30.5 Å². The highest BCUT2D eigenvalue weighted by atomic mass is 19.4. The highest BCUT2D eigenvalue weighted by Crippen LogP contribution is 2.34. The van der Waals surface area contributed by atoms with Gasteiger partial charge < -0.3 is 14.0 Å². The van der Waals surface area contributed by atoms with Crippen molar-refractivity contribution in [1.29, 1.82) is 0 Å². The second-order valence-electron chi connectivity index (χ2n) is 9.76. The van der Waals surface area contributed by atoms with E-state index >= 15 is 0 Å². The standard InChI is InChI=1S/C29H29F3N4O3/c1-3-38-28(37)25-33-24-23(27(35-25)39-15-14-19-7-5-8-19)36(26(34-24)21-9-4-6-18(2)16-21)17-20-10-12-22(13-11-20)29(30,31)32/h4,6,9-13,16,19H,3,5,7-8,14-15,17H2,1-2H3. The lowest BCUT2D eigenvalue weighted by atomic mass is 9.83. The summed E-state index contributed by atoms with van der Waals surface area (Å²) in [6.07, 6.45) is -0.0150. The van der Waals surface area contributed by atoms with Gasteiger partial charge >= 0.3 is 12.1 Å². The first-order valence-electron chi connectivity index (χ1n) is 13.0. The summed E-state index contributed by atoms with van der Waals surface area (Å²) in [7, 11) is 0. The molecule has 0 bridgehead atoms. The molecule has 204 valence electrons. The number of alkyl halides is 3. The number of fused-ring (bicyclic) bond motifs is 1. The van der Waals surface area contributed by atoms with E-state index in [1.807, 2.05) is 35.8 Å². The first-order valence-corrected chi connectivity index (χ1v) is 13.0. The predicted molar refractivity (Wildman–Crippen MR) is 139 cm³/mol. The number of benzene rings is 2. The number of hydrogen-bond acceptors (Lipinski definition) is 6. The molecule has 0 amide bonds. The summed E-state index contributed by atoms with van der Waals surface area (Å²) in [5, 5.41) is 0. The summed E-state index contributed by atoms with van der Waals surface area (Å²) in [6, 6.07) is 12.7. The van der Waals surface area contributed by atoms with Gasteiger partial charge in [0.15, 0.2) is 11.2 Å². The number of ether oxygens (including phenoxy) is 2. The number of carbonyl (C=O) groups excluding carboxylic acids is 1. The molecule has 1 aliphatic rings. The fourth-order valence-electron chi connectivity index (χ4n) is 4.64. The monoisotopic (exact) mass is 538 g/mol. The third kappa shape index (κ3) is 5.89. The van der Waals surface area contributed by atoms with Gasteiger partial charge in [-0.3, -0.25) is 0 Å². The van der Waals surface area contributed by atoms with E-state index in [2.05, 4.69) is 9.97 Å². The number of rotatable bonds is 9. The third-order valence-electron chi connectivity index (χ3n) is 6.92. The summed E-state index contributed by atoms with van der Waals surface area (Å²) < 4.78 is 52.6. The summed E-state index contributed by atoms with van der Waals surface area (Å²) in [5.41, 5.74) is 2.42. The quantitative estimate of drug-likeness (QED) is 0.223. The van der Waals surface area contributed by atoms with E-state index in [1.54, 1.807) is 6.92 Å². The number of carbonyl (C=O) groups is 1. The molecule has 10 heteroatoms. The Labute approximate surface area is 224 Å². The van der Waals surface area contributed by atoms with E-state index in [4.69, 9.17) is 14.5 Å². The van der Waals surface area contributed by atoms with Crippen molar-refractivity contribution < 1.29 is 27.4 Å². The van der Waals surface area contributed by atoms with Gasteiger partial charge in [-0.15, -0.1) is 0 Å². The fourth-order valence-corrected chi connectivity index (χ4v) is 4.64. The summed E-state index contributed by atoms with van der Waals surface area (Å²) >= 11 is 0. The molecule has 0 atom stereocenters. The molecule has 0 unspecified atom stereocenters. The zero-order valence-corrected chi connectivity index (χ0v) is 21.8. The number of halogens is 3. The molecule has 5 rings (SSSR count). The van der Waals surface area contributed by atoms with Gasteiger partial charge in [0.25, 0.3) is 0 Å². The first-order chi connectivity index (χ1) is 18.7. The third-order valence-corrected chi connectivity index (χ3v) is 6.92. The minimum atomic E-state index is -4.42. The van der Waals surface area contributed by atoms with Crippen molar-refractivity contribution in [3.05, 3.63) is 71.0 Å². The topological polar surface area (TPSA) is 79.1 Å². The van der Waals surface area contributed by atoms with Crippen molar-refractivity contribution in [2.24, 2.45) is 5.92 Å². The Balaban J connectivity index is 1.63. The van der Waals surface area contributed by atoms with Gasteiger partial charge in [0.05, 0.1) is 18.8 Å². The first kappa shape index (κ1) is 26.6. The molecule has 0 saturated heterocycles. The lowest BCUT2D eigenvalue weighted by molar-refractivity contribution is -0.137. The molecule has 0 N–H and O–H groups in total. The van der Waals surface area contributed by atoms with Crippen LogP contribution in [0.5, 0.6) is 5.88 Å². The van der Waals surface area contributed by atoms with E-state index in [9.17, 15) is 18.0 Å². The van der Waals surface area contributed by atoms with Gasteiger partial charge in [0.2, 0.25) is 11.7 Å². The maximum Gasteiger partial charge on any atom is 0.416 e. The molecule has 0 radical (unpaired) electrons. The van der Waals surface area contributed by atoms with Crippen molar-refractivity contribution in [3.63, 3.8) is 0 Å². The van der Waals surface area contributed by atoms with Crippen LogP contribution in [0.1, 0.15) is 59.9 Å². The molecule has 2 heterocycles. The van der Waals surface area contributed by atoms with E-state index in [0.29, 0.717) is 29.4 Å². The van der Waals surface area contributed by atoms with Crippen molar-refractivity contribution >= 4 is 17.1 Å². The SMILES string of the molecule is CCOC(=O)c1nc(OCCC2CCC2)c2c(n1)nc(-c1cccc(C)c1)n2Cc1ccc(C(F)(F)F)cc1. The number of imidazole rings is 1. The summed E-state index contributed by atoms with van der Waals surface area (Å²) in [6.45, 7) is 4.42. The Morgan fingerprint density at radius 1 is 1.08 bits per heavy atom. The number of aromatic nitrogens is 4. The number of esters is 1. The van der Waals surface area contributed by atoms with E-state index < -0.39 is 17.7 Å². The molecular weight excluding hydrogens is 509 g/mol.